The topological polar surface area (TPSA) is 66.8 Å². The Morgan fingerprint density at radius 1 is 1.29 bits per heavy atom. The molecule has 0 spiro atoms. The van der Waals surface area contributed by atoms with Crippen molar-refractivity contribution in [1.82, 2.24) is 4.90 Å². The van der Waals surface area contributed by atoms with Gasteiger partial charge in [-0.25, -0.2) is 0 Å². The molecular formula is C19H25NO4. The molecule has 5 heteroatoms. The maximum Gasteiger partial charge on any atom is 0.306 e. The molecule has 0 bridgehead atoms. The zero-order valence-corrected chi connectivity index (χ0v) is 14.4. The summed E-state index contributed by atoms with van der Waals surface area (Å²) in [6.07, 6.45) is 3.41. The Balaban J connectivity index is 1.61. The number of hydrogen-bond acceptors (Lipinski definition) is 3. The summed E-state index contributed by atoms with van der Waals surface area (Å²) in [6, 6.07) is 6.00. The number of likely N-dealkylation sites (tertiary alicyclic amines) is 1. The van der Waals surface area contributed by atoms with Gasteiger partial charge < -0.3 is 14.7 Å². The molecule has 24 heavy (non-hydrogen) atoms. The molecule has 0 atom stereocenters. The first-order valence-electron chi connectivity index (χ1n) is 8.65. The average molecular weight is 331 g/mol. The van der Waals surface area contributed by atoms with E-state index < -0.39 is 5.97 Å². The maximum atomic E-state index is 12.5. The Morgan fingerprint density at radius 3 is 2.67 bits per heavy atom. The van der Waals surface area contributed by atoms with Gasteiger partial charge in [0.1, 0.15) is 11.4 Å². The number of amides is 1. The van der Waals surface area contributed by atoms with Crippen LogP contribution in [0.25, 0.3) is 0 Å². The van der Waals surface area contributed by atoms with Crippen molar-refractivity contribution in [2.24, 2.45) is 5.92 Å². The Kier molecular flexibility index (Phi) is 4.52. The molecule has 130 valence electrons. The van der Waals surface area contributed by atoms with Crippen LogP contribution in [0, 0.1) is 5.92 Å². The second-order valence-corrected chi connectivity index (χ2v) is 7.47. The minimum Gasteiger partial charge on any atom is -0.488 e. The maximum absolute atomic E-state index is 12.5. The van der Waals surface area contributed by atoms with Crippen LogP contribution in [0.3, 0.4) is 0 Å². The van der Waals surface area contributed by atoms with Crippen molar-refractivity contribution in [2.45, 2.75) is 51.6 Å². The van der Waals surface area contributed by atoms with Crippen molar-refractivity contribution in [3.05, 3.63) is 29.3 Å². The molecule has 2 aliphatic heterocycles. The van der Waals surface area contributed by atoms with Crippen LogP contribution in [-0.2, 0) is 22.4 Å². The quantitative estimate of drug-likeness (QED) is 0.925. The summed E-state index contributed by atoms with van der Waals surface area (Å²) in [4.78, 5) is 25.2. The number of carboxylic acids is 1. The van der Waals surface area contributed by atoms with E-state index >= 15 is 0 Å². The van der Waals surface area contributed by atoms with Gasteiger partial charge in [0.2, 0.25) is 5.91 Å². The second-order valence-electron chi connectivity index (χ2n) is 7.47. The number of nitrogens with zero attached hydrogens (tertiary/aromatic N) is 1. The summed E-state index contributed by atoms with van der Waals surface area (Å²) >= 11 is 0. The fourth-order valence-electron chi connectivity index (χ4n) is 3.48. The number of fused-ring (bicyclic) bond motifs is 1. The number of piperidine rings is 1. The van der Waals surface area contributed by atoms with Crippen LogP contribution in [0.1, 0.15) is 44.2 Å². The summed E-state index contributed by atoms with van der Waals surface area (Å²) in [7, 11) is 0. The first kappa shape index (κ1) is 16.8. The van der Waals surface area contributed by atoms with Crippen molar-refractivity contribution in [3.8, 4) is 5.75 Å². The summed E-state index contributed by atoms with van der Waals surface area (Å²) in [6.45, 7) is 5.26. The highest BCUT2D eigenvalue weighted by molar-refractivity contribution is 5.79. The van der Waals surface area contributed by atoms with Gasteiger partial charge in [0, 0.05) is 13.1 Å². The fourth-order valence-corrected chi connectivity index (χ4v) is 3.48. The summed E-state index contributed by atoms with van der Waals surface area (Å²) in [5.41, 5.74) is 2.05. The Bertz CT molecular complexity index is 645. The van der Waals surface area contributed by atoms with Crippen molar-refractivity contribution in [3.63, 3.8) is 0 Å². The molecule has 1 amide bonds. The lowest BCUT2D eigenvalue weighted by molar-refractivity contribution is -0.145. The van der Waals surface area contributed by atoms with E-state index in [-0.39, 0.29) is 17.4 Å². The normalized spacial score (nSPS) is 20.2. The zero-order chi connectivity index (χ0) is 17.3. The van der Waals surface area contributed by atoms with E-state index in [1.165, 1.54) is 5.56 Å². The predicted octanol–water partition coefficient (Wildman–Crippen LogP) is 2.66. The highest BCUT2D eigenvalue weighted by atomic mass is 16.5. The van der Waals surface area contributed by atoms with Crippen LogP contribution >= 0.6 is 0 Å². The molecule has 0 saturated carbocycles. The van der Waals surface area contributed by atoms with Crippen LogP contribution in [-0.4, -0.2) is 40.6 Å². The van der Waals surface area contributed by atoms with E-state index in [1.807, 2.05) is 12.1 Å². The third-order valence-corrected chi connectivity index (χ3v) is 5.06. The van der Waals surface area contributed by atoms with Crippen LogP contribution in [0.5, 0.6) is 5.75 Å². The van der Waals surface area contributed by atoms with Gasteiger partial charge in [-0.3, -0.25) is 9.59 Å². The number of benzene rings is 1. The van der Waals surface area contributed by atoms with E-state index in [0.29, 0.717) is 32.4 Å². The van der Waals surface area contributed by atoms with E-state index in [2.05, 4.69) is 19.9 Å². The monoisotopic (exact) mass is 331 g/mol. The minimum absolute atomic E-state index is 0.0795. The third-order valence-electron chi connectivity index (χ3n) is 5.06. The Labute approximate surface area is 142 Å². The van der Waals surface area contributed by atoms with Crippen molar-refractivity contribution in [2.75, 3.05) is 13.1 Å². The van der Waals surface area contributed by atoms with Gasteiger partial charge >= 0.3 is 5.97 Å². The van der Waals surface area contributed by atoms with Crippen LogP contribution in [0.15, 0.2) is 18.2 Å². The predicted molar refractivity (Wildman–Crippen MR) is 90.1 cm³/mol. The molecule has 2 aliphatic rings. The molecule has 5 nitrogen and oxygen atoms in total. The lowest BCUT2D eigenvalue weighted by Crippen LogP contribution is -2.41. The Hall–Kier alpha value is -2.04. The van der Waals surface area contributed by atoms with E-state index in [0.717, 1.165) is 24.2 Å². The standard InChI is InChI=1S/C19H25NO4/c1-19(2)8-5-15-11-13(3-4-16(15)24-19)12-17(21)20-9-6-14(7-10-20)18(22)23/h3-4,11,14H,5-10,12H2,1-2H3,(H,22,23). The molecule has 0 aromatic heterocycles. The summed E-state index contributed by atoms with van der Waals surface area (Å²) in [5.74, 6) is -0.0569. The third kappa shape index (κ3) is 3.71. The van der Waals surface area contributed by atoms with Crippen molar-refractivity contribution < 1.29 is 19.4 Å². The molecule has 0 unspecified atom stereocenters. The SMILES string of the molecule is CC1(C)CCc2cc(CC(=O)N3CCC(C(=O)O)CC3)ccc2O1. The molecule has 1 saturated heterocycles. The number of carboxylic acid groups (broad SMARTS) is 1. The van der Waals surface area contributed by atoms with Crippen LogP contribution < -0.4 is 4.74 Å². The lowest BCUT2D eigenvalue weighted by Gasteiger charge is -2.33. The van der Waals surface area contributed by atoms with Gasteiger partial charge in [0.05, 0.1) is 12.3 Å². The summed E-state index contributed by atoms with van der Waals surface area (Å²) < 4.78 is 5.98. The molecule has 0 radical (unpaired) electrons. The number of rotatable bonds is 3. The van der Waals surface area contributed by atoms with Gasteiger partial charge in [-0.15, -0.1) is 0 Å². The van der Waals surface area contributed by atoms with E-state index in [9.17, 15) is 9.59 Å². The first-order valence-corrected chi connectivity index (χ1v) is 8.65. The van der Waals surface area contributed by atoms with Gasteiger partial charge in [0.25, 0.3) is 0 Å². The zero-order valence-electron chi connectivity index (χ0n) is 14.4. The summed E-state index contributed by atoms with van der Waals surface area (Å²) in [5, 5.41) is 9.03. The molecule has 1 fully saturated rings. The molecule has 0 aliphatic carbocycles. The number of aryl methyl sites for hydroxylation is 1. The largest absolute Gasteiger partial charge is 0.488 e. The fraction of sp³-hybridized carbons (Fsp3) is 0.579. The first-order chi connectivity index (χ1) is 11.3. The average Bonchev–Trinajstić information content (AvgIpc) is 2.54. The van der Waals surface area contributed by atoms with Crippen molar-refractivity contribution >= 4 is 11.9 Å². The van der Waals surface area contributed by atoms with Gasteiger partial charge in [-0.1, -0.05) is 12.1 Å². The second kappa shape index (κ2) is 6.46. The smallest absolute Gasteiger partial charge is 0.306 e. The van der Waals surface area contributed by atoms with E-state index in [4.69, 9.17) is 9.84 Å². The van der Waals surface area contributed by atoms with Gasteiger partial charge in [-0.05, 0) is 56.7 Å². The highest BCUT2D eigenvalue weighted by Gasteiger charge is 2.28. The molecule has 1 aromatic carbocycles. The number of ether oxygens (including phenoxy) is 1. The van der Waals surface area contributed by atoms with Gasteiger partial charge in [0.15, 0.2) is 0 Å². The molecular weight excluding hydrogens is 306 g/mol. The van der Waals surface area contributed by atoms with Crippen molar-refractivity contribution in [1.29, 1.82) is 0 Å². The molecule has 1 aromatic rings. The van der Waals surface area contributed by atoms with E-state index in [1.54, 1.807) is 4.90 Å². The Morgan fingerprint density at radius 2 is 2.00 bits per heavy atom. The minimum atomic E-state index is -0.750. The number of hydrogen-bond donors (Lipinski definition) is 1. The van der Waals surface area contributed by atoms with Crippen LogP contribution in [0.2, 0.25) is 0 Å². The number of aliphatic carboxylic acids is 1. The van der Waals surface area contributed by atoms with Crippen LogP contribution in [0.4, 0.5) is 0 Å². The molecule has 2 heterocycles. The molecule has 1 N–H and O–H groups in total. The number of carbonyl (C=O) groups is 2. The number of carbonyl (C=O) groups excluding carboxylic acids is 1. The lowest BCUT2D eigenvalue weighted by atomic mass is 9.92. The highest BCUT2D eigenvalue weighted by Crippen LogP contribution is 2.33. The van der Waals surface area contributed by atoms with Gasteiger partial charge in [-0.2, -0.15) is 0 Å². The molecule has 3 rings (SSSR count).